The molecule has 2 amide bonds. The van der Waals surface area contributed by atoms with Crippen LogP contribution in [0.3, 0.4) is 0 Å². The molecule has 0 unspecified atom stereocenters. The van der Waals surface area contributed by atoms with Gasteiger partial charge in [0.05, 0.1) is 16.7 Å². The van der Waals surface area contributed by atoms with Crippen molar-refractivity contribution >= 4 is 28.7 Å². The number of benzene rings is 1. The minimum absolute atomic E-state index is 0.0351. The number of amides is 2. The molecule has 3 rings (SSSR count). The summed E-state index contributed by atoms with van der Waals surface area (Å²) >= 11 is 0. The van der Waals surface area contributed by atoms with Crippen LogP contribution in [0.4, 0.5) is 23.7 Å². The molecule has 1 aliphatic rings. The van der Waals surface area contributed by atoms with Crippen molar-refractivity contribution in [2.45, 2.75) is 38.6 Å². The van der Waals surface area contributed by atoms with Gasteiger partial charge in [-0.05, 0) is 26.8 Å². The number of rotatable bonds is 1. The van der Waals surface area contributed by atoms with Crippen LogP contribution in [-0.2, 0) is 15.7 Å². The minimum Gasteiger partial charge on any atom is -0.489 e. The van der Waals surface area contributed by atoms with Gasteiger partial charge in [-0.15, -0.1) is 0 Å². The summed E-state index contributed by atoms with van der Waals surface area (Å²) in [5.74, 6) is -1.45. The summed E-state index contributed by atoms with van der Waals surface area (Å²) in [4.78, 5) is 31.6. The maximum atomic E-state index is 12.9. The Morgan fingerprint density at radius 3 is 2.64 bits per heavy atom. The first kappa shape index (κ1) is 19.8. The number of likely N-dealkylation sites (N-methyl/N-ethyl adjacent to an activating group) is 1. The second kappa shape index (κ2) is 6.57. The van der Waals surface area contributed by atoms with Crippen LogP contribution in [0.1, 0.15) is 26.6 Å². The summed E-state index contributed by atoms with van der Waals surface area (Å²) < 4.78 is 49.3. The molecule has 0 fully saturated rings. The highest BCUT2D eigenvalue weighted by Crippen LogP contribution is 2.36. The fraction of sp³-hybridized carbons (Fsp3) is 0.471. The first-order valence-electron chi connectivity index (χ1n) is 8.36. The van der Waals surface area contributed by atoms with E-state index in [1.165, 1.54) is 24.1 Å². The number of imidazole rings is 1. The van der Waals surface area contributed by atoms with Crippen molar-refractivity contribution in [3.8, 4) is 5.75 Å². The van der Waals surface area contributed by atoms with E-state index < -0.39 is 35.6 Å². The normalized spacial score (nSPS) is 17.8. The second-order valence-electron chi connectivity index (χ2n) is 7.33. The number of carbonyl (C=O) groups excluding carboxylic acids is 2. The van der Waals surface area contributed by atoms with Gasteiger partial charge in [0.25, 0.3) is 5.91 Å². The van der Waals surface area contributed by atoms with Crippen molar-refractivity contribution < 1.29 is 32.2 Å². The number of ether oxygens (including phenoxy) is 2. The number of alkyl halides is 3. The Morgan fingerprint density at radius 2 is 2.04 bits per heavy atom. The lowest BCUT2D eigenvalue weighted by atomic mass is 10.2. The molecule has 28 heavy (non-hydrogen) atoms. The lowest BCUT2D eigenvalue weighted by molar-refractivity contribution is -0.144. The van der Waals surface area contributed by atoms with E-state index in [2.05, 4.69) is 15.3 Å². The van der Waals surface area contributed by atoms with Crippen LogP contribution in [0.25, 0.3) is 11.0 Å². The van der Waals surface area contributed by atoms with Crippen LogP contribution >= 0.6 is 0 Å². The predicted octanol–water partition coefficient (Wildman–Crippen LogP) is 2.83. The number of nitrogens with one attached hydrogen (secondary N) is 2. The van der Waals surface area contributed by atoms with Crippen LogP contribution in [-0.4, -0.2) is 47.3 Å². The Morgan fingerprint density at radius 1 is 1.36 bits per heavy atom. The zero-order valence-electron chi connectivity index (χ0n) is 15.6. The Kier molecular flexibility index (Phi) is 4.64. The molecule has 1 atom stereocenters. The van der Waals surface area contributed by atoms with Gasteiger partial charge in [-0.1, -0.05) is 0 Å². The fourth-order valence-corrected chi connectivity index (χ4v) is 2.69. The fourth-order valence-electron chi connectivity index (χ4n) is 2.69. The van der Waals surface area contributed by atoms with Crippen LogP contribution in [0.15, 0.2) is 12.1 Å². The minimum atomic E-state index is -4.62. The summed E-state index contributed by atoms with van der Waals surface area (Å²) in [6.07, 6.45) is -5.40. The summed E-state index contributed by atoms with van der Waals surface area (Å²) in [6.45, 7) is 4.85. The molecule has 1 aromatic heterocycles. The SMILES string of the molecule is CN1C(=O)[C@@H](NC(=O)OC(C)(C)C)COc2cc3[nH]c(C(F)(F)F)nc3cc21. The third kappa shape index (κ3) is 3.97. The van der Waals surface area contributed by atoms with Crippen LogP contribution in [0.5, 0.6) is 5.75 Å². The molecule has 11 heteroatoms. The molecule has 2 heterocycles. The Labute approximate surface area is 158 Å². The molecular weight excluding hydrogens is 381 g/mol. The van der Waals surface area contributed by atoms with E-state index >= 15 is 0 Å². The molecule has 152 valence electrons. The number of hydrogen-bond acceptors (Lipinski definition) is 5. The van der Waals surface area contributed by atoms with Crippen molar-refractivity contribution in [2.75, 3.05) is 18.6 Å². The molecule has 0 bridgehead atoms. The largest absolute Gasteiger partial charge is 0.489 e. The van der Waals surface area contributed by atoms with Crippen molar-refractivity contribution in [1.29, 1.82) is 0 Å². The number of hydrogen-bond donors (Lipinski definition) is 2. The number of alkyl carbamates (subject to hydrolysis) is 1. The van der Waals surface area contributed by atoms with E-state index in [1.54, 1.807) is 20.8 Å². The van der Waals surface area contributed by atoms with Crippen molar-refractivity contribution in [1.82, 2.24) is 15.3 Å². The lowest BCUT2D eigenvalue weighted by Crippen LogP contribution is -2.50. The highest BCUT2D eigenvalue weighted by molar-refractivity contribution is 6.02. The Bertz CT molecular complexity index is 933. The van der Waals surface area contributed by atoms with Crippen molar-refractivity contribution in [2.24, 2.45) is 0 Å². The van der Waals surface area contributed by atoms with E-state index in [0.29, 0.717) is 0 Å². The van der Waals surface area contributed by atoms with Gasteiger partial charge in [-0.2, -0.15) is 13.2 Å². The number of H-pyrrole nitrogens is 1. The van der Waals surface area contributed by atoms with Gasteiger partial charge in [-0.3, -0.25) is 4.79 Å². The number of fused-ring (bicyclic) bond motifs is 2. The Hall–Kier alpha value is -2.98. The number of aromatic nitrogens is 2. The number of halogens is 3. The number of anilines is 1. The second-order valence-corrected chi connectivity index (χ2v) is 7.33. The highest BCUT2D eigenvalue weighted by atomic mass is 19.4. The lowest BCUT2D eigenvalue weighted by Gasteiger charge is -2.23. The zero-order chi connectivity index (χ0) is 20.9. The van der Waals surface area contributed by atoms with Gasteiger partial charge in [-0.25, -0.2) is 9.78 Å². The molecule has 8 nitrogen and oxygen atoms in total. The van der Waals surface area contributed by atoms with Gasteiger partial charge in [0, 0.05) is 13.1 Å². The Balaban J connectivity index is 1.87. The van der Waals surface area contributed by atoms with Gasteiger partial charge >= 0.3 is 12.3 Å². The average molecular weight is 400 g/mol. The van der Waals surface area contributed by atoms with E-state index in [1.807, 2.05) is 0 Å². The summed E-state index contributed by atoms with van der Waals surface area (Å²) in [5, 5.41) is 2.45. The molecule has 0 radical (unpaired) electrons. The van der Waals surface area contributed by atoms with E-state index in [0.717, 1.165) is 0 Å². The van der Waals surface area contributed by atoms with E-state index in [9.17, 15) is 22.8 Å². The maximum absolute atomic E-state index is 12.9. The topological polar surface area (TPSA) is 96.5 Å². The van der Waals surface area contributed by atoms with Gasteiger partial charge in [0.15, 0.2) is 0 Å². The summed E-state index contributed by atoms with van der Waals surface area (Å²) in [7, 11) is 1.43. The average Bonchev–Trinajstić information content (AvgIpc) is 2.93. The van der Waals surface area contributed by atoms with Gasteiger partial charge in [0.1, 0.15) is 24.0 Å². The molecule has 0 saturated heterocycles. The maximum Gasteiger partial charge on any atom is 0.449 e. The van der Waals surface area contributed by atoms with Crippen LogP contribution < -0.4 is 15.0 Å². The molecule has 2 aromatic rings. The number of nitrogens with zero attached hydrogens (tertiary/aromatic N) is 2. The zero-order valence-corrected chi connectivity index (χ0v) is 15.6. The van der Waals surface area contributed by atoms with Crippen molar-refractivity contribution in [3.05, 3.63) is 18.0 Å². The van der Waals surface area contributed by atoms with Gasteiger partial charge in [0.2, 0.25) is 5.82 Å². The number of aromatic amines is 1. The molecule has 2 N–H and O–H groups in total. The standard InChI is InChI=1S/C17H19F3N4O4/c1-16(2,3)28-15(26)23-10-7-27-12-6-9-8(5-11(12)24(4)13(10)25)21-14(22-9)17(18,19)20/h5-6,10H,7H2,1-4H3,(H,21,22)(H,23,26)/t10-/m0/s1. The monoisotopic (exact) mass is 400 g/mol. The number of carbonyl (C=O) groups is 2. The molecule has 0 aliphatic carbocycles. The van der Waals surface area contributed by atoms with Gasteiger partial charge < -0.3 is 24.7 Å². The summed E-state index contributed by atoms with van der Waals surface area (Å²) in [5.41, 5.74) is -0.349. The third-order valence-corrected chi connectivity index (χ3v) is 3.92. The first-order valence-corrected chi connectivity index (χ1v) is 8.36. The van der Waals surface area contributed by atoms with E-state index in [4.69, 9.17) is 9.47 Å². The third-order valence-electron chi connectivity index (χ3n) is 3.92. The van der Waals surface area contributed by atoms with Crippen molar-refractivity contribution in [3.63, 3.8) is 0 Å². The predicted molar refractivity (Wildman–Crippen MR) is 93.2 cm³/mol. The van der Waals surface area contributed by atoms with Crippen LogP contribution in [0, 0.1) is 0 Å². The summed E-state index contributed by atoms with van der Waals surface area (Å²) in [6, 6.07) is 1.64. The molecular formula is C17H19F3N4O4. The van der Waals surface area contributed by atoms with Crippen LogP contribution in [0.2, 0.25) is 0 Å². The molecule has 1 aliphatic heterocycles. The molecule has 0 spiro atoms. The molecule has 0 saturated carbocycles. The molecule has 1 aromatic carbocycles. The first-order chi connectivity index (χ1) is 12.8. The highest BCUT2D eigenvalue weighted by Gasteiger charge is 2.36. The van der Waals surface area contributed by atoms with E-state index in [-0.39, 0.29) is 29.1 Å². The smallest absolute Gasteiger partial charge is 0.449 e. The quantitative estimate of drug-likeness (QED) is 0.767.